The second-order valence-corrected chi connectivity index (χ2v) is 5.21. The first-order valence-electron chi connectivity index (χ1n) is 7.98. The average molecular weight is 382 g/mol. The normalized spacial score (nSPS) is 10.0. The second kappa shape index (κ2) is 11.5. The summed E-state index contributed by atoms with van der Waals surface area (Å²) >= 11 is 0. The van der Waals surface area contributed by atoms with Crippen LogP contribution in [0.3, 0.4) is 0 Å². The number of carbonyl (C=O) groups excluding carboxylic acids is 2. The number of carboxylic acids is 1. The number of rotatable bonds is 12. The summed E-state index contributed by atoms with van der Waals surface area (Å²) in [4.78, 5) is 34.2. The van der Waals surface area contributed by atoms with E-state index >= 15 is 0 Å². The molecule has 148 valence electrons. The van der Waals surface area contributed by atoms with Gasteiger partial charge in [-0.15, -0.1) is 0 Å². The lowest BCUT2D eigenvalue weighted by Gasteiger charge is -2.11. The Labute approximate surface area is 156 Å². The fraction of sp³-hybridized carbons (Fsp3) is 0.389. The zero-order valence-corrected chi connectivity index (χ0v) is 15.2. The third-order valence-corrected chi connectivity index (χ3v) is 2.95. The van der Waals surface area contributed by atoms with Gasteiger partial charge in [-0.3, -0.25) is 4.79 Å². The van der Waals surface area contributed by atoms with Gasteiger partial charge in [0.25, 0.3) is 0 Å². The molecule has 1 aromatic rings. The minimum Gasteiger partial charge on any atom is -0.490 e. The predicted molar refractivity (Wildman–Crippen MR) is 92.5 cm³/mol. The summed E-state index contributed by atoms with van der Waals surface area (Å²) in [5.74, 6) is -1.82. The van der Waals surface area contributed by atoms with Gasteiger partial charge in [-0.1, -0.05) is 6.58 Å². The van der Waals surface area contributed by atoms with Crippen LogP contribution in [0.5, 0.6) is 5.75 Å². The number of carbonyl (C=O) groups is 3. The van der Waals surface area contributed by atoms with Gasteiger partial charge in [-0.05, 0) is 25.1 Å². The molecule has 0 saturated carbocycles. The van der Waals surface area contributed by atoms with E-state index < -0.39 is 17.9 Å². The topological polar surface area (TPSA) is 118 Å². The lowest BCUT2D eigenvalue weighted by Crippen LogP contribution is -2.16. The zero-order chi connectivity index (χ0) is 20.2. The lowest BCUT2D eigenvalue weighted by molar-refractivity contribution is -0.141. The van der Waals surface area contributed by atoms with E-state index in [0.29, 0.717) is 5.76 Å². The highest BCUT2D eigenvalue weighted by Crippen LogP contribution is 2.19. The summed E-state index contributed by atoms with van der Waals surface area (Å²) < 4.78 is 25.1. The summed E-state index contributed by atoms with van der Waals surface area (Å²) in [7, 11) is 0. The maximum absolute atomic E-state index is 12.2. The average Bonchev–Trinajstić information content (AvgIpc) is 2.60. The van der Waals surface area contributed by atoms with Gasteiger partial charge in [0.2, 0.25) is 0 Å². The summed E-state index contributed by atoms with van der Waals surface area (Å²) in [5.41, 5.74) is -0.385. The standard InChI is InChI=1S/C18H22O9/c1-12(2)27-11-23-6-7-26-18(22)16-10-14(4-5-15(16)17(20)21)25-9-8-24-13(3)19/h4-5,10H,1,6-9,11H2,2-3H3,(H,20,21). The van der Waals surface area contributed by atoms with Gasteiger partial charge in [-0.2, -0.15) is 0 Å². The van der Waals surface area contributed by atoms with E-state index in [1.807, 2.05) is 0 Å². The monoisotopic (exact) mass is 382 g/mol. The van der Waals surface area contributed by atoms with Crippen molar-refractivity contribution in [2.24, 2.45) is 0 Å². The molecule has 0 unspecified atom stereocenters. The molecular weight excluding hydrogens is 360 g/mol. The third-order valence-electron chi connectivity index (χ3n) is 2.95. The van der Waals surface area contributed by atoms with Gasteiger partial charge in [0.15, 0.2) is 6.79 Å². The Hall–Kier alpha value is -3.07. The molecule has 0 saturated heterocycles. The molecule has 1 N–H and O–H groups in total. The molecule has 0 aromatic heterocycles. The second-order valence-electron chi connectivity index (χ2n) is 5.21. The van der Waals surface area contributed by atoms with E-state index in [9.17, 15) is 19.5 Å². The van der Waals surface area contributed by atoms with Gasteiger partial charge in [0, 0.05) is 6.92 Å². The van der Waals surface area contributed by atoms with Crippen LogP contribution in [0.2, 0.25) is 0 Å². The molecule has 0 radical (unpaired) electrons. The maximum atomic E-state index is 12.2. The Morgan fingerprint density at radius 1 is 0.963 bits per heavy atom. The molecule has 0 amide bonds. The van der Waals surface area contributed by atoms with Crippen LogP contribution in [0, 0.1) is 0 Å². The molecule has 9 heteroatoms. The fourth-order valence-electron chi connectivity index (χ4n) is 1.79. The first-order chi connectivity index (χ1) is 12.8. The Bertz CT molecular complexity index is 681. The number of aromatic carboxylic acids is 1. The lowest BCUT2D eigenvalue weighted by atomic mass is 10.1. The smallest absolute Gasteiger partial charge is 0.339 e. The van der Waals surface area contributed by atoms with Crippen LogP contribution in [0.1, 0.15) is 34.6 Å². The number of hydrogen-bond donors (Lipinski definition) is 1. The van der Waals surface area contributed by atoms with Crippen LogP contribution >= 0.6 is 0 Å². The molecule has 0 spiro atoms. The van der Waals surface area contributed by atoms with Gasteiger partial charge >= 0.3 is 17.9 Å². The molecule has 0 bridgehead atoms. The number of hydrogen-bond acceptors (Lipinski definition) is 8. The minimum atomic E-state index is -1.28. The van der Waals surface area contributed by atoms with Gasteiger partial charge in [0.1, 0.15) is 25.6 Å². The Balaban J connectivity index is 2.62. The quantitative estimate of drug-likeness (QED) is 0.251. The van der Waals surface area contributed by atoms with Crippen molar-refractivity contribution in [3.05, 3.63) is 41.7 Å². The summed E-state index contributed by atoms with van der Waals surface area (Å²) in [5, 5.41) is 9.22. The van der Waals surface area contributed by atoms with E-state index in [4.69, 9.17) is 23.7 Å². The molecular formula is C18H22O9. The van der Waals surface area contributed by atoms with E-state index in [1.54, 1.807) is 6.92 Å². The van der Waals surface area contributed by atoms with E-state index in [0.717, 1.165) is 0 Å². The van der Waals surface area contributed by atoms with Crippen molar-refractivity contribution >= 4 is 17.9 Å². The van der Waals surface area contributed by atoms with Crippen LogP contribution in [0.25, 0.3) is 0 Å². The molecule has 0 aliphatic rings. The van der Waals surface area contributed by atoms with Crippen LogP contribution in [0.15, 0.2) is 30.5 Å². The number of carboxylic acid groups (broad SMARTS) is 1. The number of allylic oxidation sites excluding steroid dienone is 1. The highest BCUT2D eigenvalue weighted by atomic mass is 16.7. The van der Waals surface area contributed by atoms with Crippen LogP contribution < -0.4 is 4.74 Å². The summed E-state index contributed by atoms with van der Waals surface area (Å²) in [6, 6.07) is 3.88. The first kappa shape index (κ1) is 22.0. The minimum absolute atomic E-state index is 0.0272. The zero-order valence-electron chi connectivity index (χ0n) is 15.2. The van der Waals surface area contributed by atoms with Crippen molar-refractivity contribution in [3.63, 3.8) is 0 Å². The van der Waals surface area contributed by atoms with Gasteiger partial charge in [-0.25, -0.2) is 9.59 Å². The third kappa shape index (κ3) is 8.73. The molecule has 27 heavy (non-hydrogen) atoms. The molecule has 0 heterocycles. The Kier molecular flexibility index (Phi) is 9.38. The Morgan fingerprint density at radius 2 is 1.67 bits per heavy atom. The van der Waals surface area contributed by atoms with Crippen LogP contribution in [-0.4, -0.2) is 56.2 Å². The fourth-order valence-corrected chi connectivity index (χ4v) is 1.79. The highest BCUT2D eigenvalue weighted by molar-refractivity contribution is 6.02. The van der Waals surface area contributed by atoms with Crippen molar-refractivity contribution in [2.45, 2.75) is 13.8 Å². The van der Waals surface area contributed by atoms with Crippen molar-refractivity contribution in [1.29, 1.82) is 0 Å². The molecule has 0 aliphatic carbocycles. The van der Waals surface area contributed by atoms with Crippen molar-refractivity contribution in [1.82, 2.24) is 0 Å². The van der Waals surface area contributed by atoms with Crippen molar-refractivity contribution in [3.8, 4) is 5.75 Å². The van der Waals surface area contributed by atoms with E-state index in [-0.39, 0.29) is 50.1 Å². The molecule has 0 atom stereocenters. The molecule has 0 aliphatic heterocycles. The Morgan fingerprint density at radius 3 is 2.30 bits per heavy atom. The molecule has 1 rings (SSSR count). The van der Waals surface area contributed by atoms with Crippen LogP contribution in [-0.2, 0) is 23.7 Å². The van der Waals surface area contributed by atoms with Gasteiger partial charge in [0.05, 0.1) is 23.5 Å². The van der Waals surface area contributed by atoms with E-state index in [1.165, 1.54) is 25.1 Å². The maximum Gasteiger partial charge on any atom is 0.339 e. The van der Waals surface area contributed by atoms with Crippen LogP contribution in [0.4, 0.5) is 0 Å². The summed E-state index contributed by atoms with van der Waals surface area (Å²) in [6.45, 7) is 6.50. The first-order valence-corrected chi connectivity index (χ1v) is 7.98. The number of benzene rings is 1. The van der Waals surface area contributed by atoms with Crippen molar-refractivity contribution in [2.75, 3.05) is 33.2 Å². The number of ether oxygens (including phenoxy) is 5. The molecule has 9 nitrogen and oxygen atoms in total. The molecule has 0 fully saturated rings. The van der Waals surface area contributed by atoms with E-state index in [2.05, 4.69) is 6.58 Å². The predicted octanol–water partition coefficient (Wildman–Crippen LogP) is 2.01. The SMILES string of the molecule is C=C(C)OCOCCOC(=O)c1cc(OCCOC(C)=O)ccc1C(=O)O. The summed E-state index contributed by atoms with van der Waals surface area (Å²) in [6.07, 6.45) is 0. The largest absolute Gasteiger partial charge is 0.490 e. The highest BCUT2D eigenvalue weighted by Gasteiger charge is 2.19. The number of esters is 2. The molecule has 1 aromatic carbocycles. The van der Waals surface area contributed by atoms with Gasteiger partial charge < -0.3 is 28.8 Å². The van der Waals surface area contributed by atoms with Crippen molar-refractivity contribution < 1.29 is 43.2 Å².